The summed E-state index contributed by atoms with van der Waals surface area (Å²) in [6.07, 6.45) is 2.66. The third-order valence-electron chi connectivity index (χ3n) is 5.78. The van der Waals surface area contributed by atoms with Crippen molar-refractivity contribution in [3.8, 4) is 0 Å². The lowest BCUT2D eigenvalue weighted by molar-refractivity contribution is -0.148. The lowest BCUT2D eigenvalue weighted by atomic mass is 10.1. The molecular formula is C21H27N3O4. The summed E-state index contributed by atoms with van der Waals surface area (Å²) < 4.78 is 5.50. The first-order chi connectivity index (χ1) is 13.6. The largest absolute Gasteiger partial charge is 0.367 e. The van der Waals surface area contributed by atoms with Crippen LogP contribution >= 0.6 is 0 Å². The van der Waals surface area contributed by atoms with Crippen LogP contribution in [-0.2, 0) is 25.7 Å². The summed E-state index contributed by atoms with van der Waals surface area (Å²) >= 11 is 0. The summed E-state index contributed by atoms with van der Waals surface area (Å²) in [5, 5.41) is 2.97. The predicted octanol–water partition coefficient (Wildman–Crippen LogP) is 0.789. The van der Waals surface area contributed by atoms with Crippen LogP contribution in [0.25, 0.3) is 0 Å². The van der Waals surface area contributed by atoms with Gasteiger partial charge in [0.05, 0.1) is 18.6 Å². The molecule has 1 N–H and O–H groups in total. The molecule has 2 aliphatic heterocycles. The molecule has 0 bridgehead atoms. The van der Waals surface area contributed by atoms with Crippen LogP contribution in [-0.4, -0.2) is 66.3 Å². The van der Waals surface area contributed by atoms with Crippen LogP contribution in [0.1, 0.15) is 24.8 Å². The zero-order valence-electron chi connectivity index (χ0n) is 16.0. The molecule has 1 aromatic rings. The van der Waals surface area contributed by atoms with Crippen LogP contribution in [0.15, 0.2) is 30.3 Å². The Bertz CT molecular complexity index is 728. The van der Waals surface area contributed by atoms with E-state index in [1.807, 2.05) is 30.3 Å². The Balaban J connectivity index is 1.16. The molecule has 0 radical (unpaired) electrons. The maximum atomic E-state index is 12.3. The van der Waals surface area contributed by atoms with Crippen molar-refractivity contribution in [2.45, 2.75) is 31.9 Å². The molecule has 7 heteroatoms. The molecule has 0 spiro atoms. The Morgan fingerprint density at radius 3 is 2.57 bits per heavy atom. The van der Waals surface area contributed by atoms with Gasteiger partial charge in [0.25, 0.3) is 0 Å². The molecule has 1 aliphatic carbocycles. The fourth-order valence-corrected chi connectivity index (χ4v) is 3.75. The number of carbonyl (C=O) groups excluding carboxylic acids is 3. The highest BCUT2D eigenvalue weighted by Gasteiger charge is 2.43. The molecule has 1 unspecified atom stereocenters. The van der Waals surface area contributed by atoms with Crippen LogP contribution < -0.4 is 5.32 Å². The van der Waals surface area contributed by atoms with Crippen molar-refractivity contribution in [1.29, 1.82) is 0 Å². The third kappa shape index (κ3) is 4.52. The maximum absolute atomic E-state index is 12.3. The number of amides is 3. The van der Waals surface area contributed by atoms with E-state index >= 15 is 0 Å². The molecule has 7 nitrogen and oxygen atoms in total. The van der Waals surface area contributed by atoms with E-state index in [1.54, 1.807) is 9.80 Å². The highest BCUT2D eigenvalue weighted by atomic mass is 16.5. The van der Waals surface area contributed by atoms with E-state index in [2.05, 4.69) is 5.32 Å². The average molecular weight is 385 g/mol. The van der Waals surface area contributed by atoms with E-state index in [0.717, 1.165) is 12.1 Å². The molecular weight excluding hydrogens is 358 g/mol. The monoisotopic (exact) mass is 385 g/mol. The Labute approximate surface area is 165 Å². The second-order valence-corrected chi connectivity index (χ2v) is 8.07. The minimum absolute atomic E-state index is 0.00989. The number of benzene rings is 1. The second-order valence-electron chi connectivity index (χ2n) is 8.07. The Morgan fingerprint density at radius 2 is 1.86 bits per heavy atom. The highest BCUT2D eigenvalue weighted by molar-refractivity contribution is 5.89. The molecule has 3 amide bonds. The van der Waals surface area contributed by atoms with Crippen LogP contribution in [0.2, 0.25) is 0 Å². The SMILES string of the molecule is O=C(NCC1CC1)C1CC(=O)N(C2CN(C(=O)COCc3ccccc3)C2)C1. The Kier molecular flexibility index (Phi) is 5.62. The molecule has 28 heavy (non-hydrogen) atoms. The fourth-order valence-electron chi connectivity index (χ4n) is 3.75. The number of rotatable bonds is 8. The lowest BCUT2D eigenvalue weighted by Gasteiger charge is -2.44. The van der Waals surface area contributed by atoms with Gasteiger partial charge in [0.2, 0.25) is 17.7 Å². The normalized spacial score (nSPS) is 22.3. The minimum Gasteiger partial charge on any atom is -0.367 e. The van der Waals surface area contributed by atoms with E-state index in [9.17, 15) is 14.4 Å². The number of carbonyl (C=O) groups is 3. The number of hydrogen-bond acceptors (Lipinski definition) is 4. The quantitative estimate of drug-likeness (QED) is 0.718. The number of nitrogens with zero attached hydrogens (tertiary/aromatic N) is 2. The first kappa shape index (κ1) is 18.9. The van der Waals surface area contributed by atoms with E-state index < -0.39 is 0 Å². The summed E-state index contributed by atoms with van der Waals surface area (Å²) in [4.78, 5) is 40.2. The minimum atomic E-state index is -0.259. The maximum Gasteiger partial charge on any atom is 0.248 e. The summed E-state index contributed by atoms with van der Waals surface area (Å²) in [7, 11) is 0. The standard InChI is InChI=1S/C21H27N3O4/c25-19-8-17(21(27)22-9-15-6-7-15)10-24(19)18-11-23(12-18)20(26)14-28-13-16-4-2-1-3-5-16/h1-5,15,17-18H,6-14H2,(H,22,27). The second kappa shape index (κ2) is 8.31. The van der Waals surface area contributed by atoms with Crippen LogP contribution in [0.4, 0.5) is 0 Å². The molecule has 4 rings (SSSR count). The molecule has 1 atom stereocenters. The van der Waals surface area contributed by atoms with Gasteiger partial charge in [-0.15, -0.1) is 0 Å². The molecule has 1 saturated carbocycles. The first-order valence-corrected chi connectivity index (χ1v) is 10.1. The number of likely N-dealkylation sites (tertiary alicyclic amines) is 2. The molecule has 0 aromatic heterocycles. The van der Waals surface area contributed by atoms with Gasteiger partial charge >= 0.3 is 0 Å². The molecule has 2 heterocycles. The van der Waals surface area contributed by atoms with Gasteiger partial charge in [-0.1, -0.05) is 30.3 Å². The van der Waals surface area contributed by atoms with Gasteiger partial charge in [0.15, 0.2) is 0 Å². The van der Waals surface area contributed by atoms with Gasteiger partial charge in [-0.25, -0.2) is 0 Å². The van der Waals surface area contributed by atoms with Gasteiger partial charge in [-0.05, 0) is 24.3 Å². The highest BCUT2D eigenvalue weighted by Crippen LogP contribution is 2.28. The van der Waals surface area contributed by atoms with Crippen LogP contribution in [0, 0.1) is 11.8 Å². The van der Waals surface area contributed by atoms with Gasteiger partial charge in [0, 0.05) is 32.6 Å². The topological polar surface area (TPSA) is 79.0 Å². The number of hydrogen-bond donors (Lipinski definition) is 1. The smallest absolute Gasteiger partial charge is 0.248 e. The van der Waals surface area contributed by atoms with E-state index in [1.165, 1.54) is 12.8 Å². The van der Waals surface area contributed by atoms with Gasteiger partial charge in [0.1, 0.15) is 6.61 Å². The van der Waals surface area contributed by atoms with Crippen LogP contribution in [0.3, 0.4) is 0 Å². The molecule has 3 aliphatic rings. The van der Waals surface area contributed by atoms with Crippen LogP contribution in [0.5, 0.6) is 0 Å². The van der Waals surface area contributed by atoms with Crippen molar-refractivity contribution < 1.29 is 19.1 Å². The summed E-state index contributed by atoms with van der Waals surface area (Å²) in [5.74, 6) is 0.323. The Hall–Kier alpha value is -2.41. The molecule has 2 saturated heterocycles. The number of nitrogens with one attached hydrogen (secondary N) is 1. The summed E-state index contributed by atoms with van der Waals surface area (Å²) in [6.45, 7) is 2.70. The lowest BCUT2D eigenvalue weighted by Crippen LogP contribution is -2.62. The summed E-state index contributed by atoms with van der Waals surface area (Å²) in [6, 6.07) is 9.75. The first-order valence-electron chi connectivity index (χ1n) is 10.1. The number of ether oxygens (including phenoxy) is 1. The molecule has 1 aromatic carbocycles. The fraction of sp³-hybridized carbons (Fsp3) is 0.571. The van der Waals surface area contributed by atoms with E-state index in [4.69, 9.17) is 4.74 Å². The molecule has 150 valence electrons. The average Bonchev–Trinajstić information content (AvgIpc) is 3.41. The van der Waals surface area contributed by atoms with Gasteiger partial charge < -0.3 is 19.9 Å². The summed E-state index contributed by atoms with van der Waals surface area (Å²) in [5.41, 5.74) is 1.03. The van der Waals surface area contributed by atoms with Gasteiger partial charge in [-0.2, -0.15) is 0 Å². The molecule has 3 fully saturated rings. The van der Waals surface area contributed by atoms with Crippen molar-refractivity contribution in [1.82, 2.24) is 15.1 Å². The zero-order chi connectivity index (χ0) is 19.5. The van der Waals surface area contributed by atoms with Gasteiger partial charge in [-0.3, -0.25) is 14.4 Å². The predicted molar refractivity (Wildman–Crippen MR) is 102 cm³/mol. The van der Waals surface area contributed by atoms with E-state index in [-0.39, 0.29) is 42.7 Å². The van der Waals surface area contributed by atoms with Crippen molar-refractivity contribution in [2.24, 2.45) is 11.8 Å². The van der Waals surface area contributed by atoms with Crippen molar-refractivity contribution in [3.63, 3.8) is 0 Å². The van der Waals surface area contributed by atoms with Crippen molar-refractivity contribution in [2.75, 3.05) is 32.8 Å². The zero-order valence-corrected chi connectivity index (χ0v) is 16.0. The van der Waals surface area contributed by atoms with E-state index in [0.29, 0.717) is 32.2 Å². The Morgan fingerprint density at radius 1 is 1.11 bits per heavy atom. The third-order valence-corrected chi connectivity index (χ3v) is 5.78. The van der Waals surface area contributed by atoms with Crippen molar-refractivity contribution >= 4 is 17.7 Å². The van der Waals surface area contributed by atoms with Crippen molar-refractivity contribution in [3.05, 3.63) is 35.9 Å².